The van der Waals surface area contributed by atoms with E-state index in [1.54, 1.807) is 0 Å². The highest BCUT2D eigenvalue weighted by Crippen LogP contribution is 2.24. The second-order valence-electron chi connectivity index (χ2n) is 5.25. The molecule has 0 fully saturated rings. The third kappa shape index (κ3) is 3.06. The number of halogens is 1. The summed E-state index contributed by atoms with van der Waals surface area (Å²) in [7, 11) is 0. The van der Waals surface area contributed by atoms with Gasteiger partial charge in [0.15, 0.2) is 0 Å². The Morgan fingerprint density at radius 3 is 2.82 bits per heavy atom. The molecule has 0 unspecified atom stereocenters. The molecule has 94 valence electrons. The van der Waals surface area contributed by atoms with E-state index in [1.807, 2.05) is 0 Å². The van der Waals surface area contributed by atoms with E-state index in [1.165, 1.54) is 16.7 Å². The van der Waals surface area contributed by atoms with Crippen LogP contribution in [0.15, 0.2) is 18.2 Å². The summed E-state index contributed by atoms with van der Waals surface area (Å²) in [4.78, 5) is 2.37. The maximum Gasteiger partial charge on any atom is 0.0906 e. The predicted molar refractivity (Wildman–Crippen MR) is 70.1 cm³/mol. The Labute approximate surface area is 104 Å². The minimum atomic E-state index is -0.199. The van der Waals surface area contributed by atoms with Gasteiger partial charge in [-0.15, -0.1) is 0 Å². The molecule has 0 saturated carbocycles. The Kier molecular flexibility index (Phi) is 4.16. The van der Waals surface area contributed by atoms with Gasteiger partial charge in [0, 0.05) is 19.6 Å². The van der Waals surface area contributed by atoms with E-state index in [0.717, 1.165) is 26.1 Å². The molecule has 17 heavy (non-hydrogen) atoms. The van der Waals surface area contributed by atoms with E-state index in [-0.39, 0.29) is 6.67 Å². The molecule has 1 aliphatic rings. The van der Waals surface area contributed by atoms with Crippen molar-refractivity contribution in [3.05, 3.63) is 34.9 Å². The average Bonchev–Trinajstić information content (AvgIpc) is 2.35. The molecule has 2 rings (SSSR count). The Morgan fingerprint density at radius 2 is 2.12 bits per heavy atom. The molecule has 0 amide bonds. The van der Waals surface area contributed by atoms with Gasteiger partial charge in [0.2, 0.25) is 0 Å². The fraction of sp³-hybridized carbons (Fsp3) is 0.600. The van der Waals surface area contributed by atoms with Gasteiger partial charge in [0.1, 0.15) is 0 Å². The summed E-state index contributed by atoms with van der Waals surface area (Å²) >= 11 is 0. The Hall–Kier alpha value is -0.890. The molecule has 0 aromatic heterocycles. The number of benzene rings is 1. The van der Waals surface area contributed by atoms with Crippen LogP contribution in [0.3, 0.4) is 0 Å². The number of rotatable bonds is 4. The first-order valence-electron chi connectivity index (χ1n) is 6.60. The summed E-state index contributed by atoms with van der Waals surface area (Å²) in [6, 6.07) is 6.86. The average molecular weight is 235 g/mol. The molecular weight excluding hydrogens is 213 g/mol. The first kappa shape index (κ1) is 12.6. The molecule has 0 bridgehead atoms. The molecular formula is C15H22FN. The van der Waals surface area contributed by atoms with E-state index in [4.69, 9.17) is 0 Å². The van der Waals surface area contributed by atoms with Gasteiger partial charge in [-0.3, -0.25) is 9.29 Å². The lowest BCUT2D eigenvalue weighted by atomic mass is 9.93. The molecule has 1 nitrogen and oxygen atoms in total. The molecule has 1 aromatic rings. The highest BCUT2D eigenvalue weighted by atomic mass is 19.1. The standard InChI is InChI=1S/C15H22FN/c1-12(2)14-5-4-13-6-9-17(8-3-7-16)11-15(13)10-14/h4-5,10,12H,3,6-9,11H2,1-2H3. The molecule has 0 spiro atoms. The summed E-state index contributed by atoms with van der Waals surface area (Å²) < 4.78 is 12.2. The normalized spacial score (nSPS) is 16.2. The molecule has 0 aliphatic carbocycles. The number of hydrogen-bond donors (Lipinski definition) is 0. The second-order valence-corrected chi connectivity index (χ2v) is 5.25. The second kappa shape index (κ2) is 5.63. The van der Waals surface area contributed by atoms with Crippen LogP contribution in [-0.4, -0.2) is 24.7 Å². The maximum absolute atomic E-state index is 12.2. The molecule has 0 saturated heterocycles. The number of hydrogen-bond acceptors (Lipinski definition) is 1. The maximum atomic E-state index is 12.2. The number of nitrogens with zero attached hydrogens (tertiary/aromatic N) is 1. The zero-order valence-corrected chi connectivity index (χ0v) is 10.9. The molecule has 2 heteroatoms. The van der Waals surface area contributed by atoms with Crippen LogP contribution >= 0.6 is 0 Å². The predicted octanol–water partition coefficient (Wildman–Crippen LogP) is 3.53. The topological polar surface area (TPSA) is 3.24 Å². The van der Waals surface area contributed by atoms with E-state index >= 15 is 0 Å². The molecule has 0 N–H and O–H groups in total. The highest BCUT2D eigenvalue weighted by Gasteiger charge is 2.16. The SMILES string of the molecule is CC(C)c1ccc2c(c1)CN(CCCF)CC2. The molecule has 1 aromatic carbocycles. The minimum absolute atomic E-state index is 0.199. The smallest absolute Gasteiger partial charge is 0.0906 e. The van der Waals surface area contributed by atoms with Crippen molar-refractivity contribution in [3.63, 3.8) is 0 Å². The summed E-state index contributed by atoms with van der Waals surface area (Å²) in [5.41, 5.74) is 4.34. The Morgan fingerprint density at radius 1 is 1.29 bits per heavy atom. The summed E-state index contributed by atoms with van der Waals surface area (Å²) in [5, 5.41) is 0. The van der Waals surface area contributed by atoms with E-state index in [2.05, 4.69) is 36.9 Å². The quantitative estimate of drug-likeness (QED) is 0.771. The van der Waals surface area contributed by atoms with Crippen molar-refractivity contribution in [1.29, 1.82) is 0 Å². The van der Waals surface area contributed by atoms with Crippen molar-refractivity contribution in [2.24, 2.45) is 0 Å². The molecule has 1 heterocycles. The monoisotopic (exact) mass is 235 g/mol. The van der Waals surface area contributed by atoms with Crippen molar-refractivity contribution in [3.8, 4) is 0 Å². The van der Waals surface area contributed by atoms with E-state index in [9.17, 15) is 4.39 Å². The van der Waals surface area contributed by atoms with Crippen LogP contribution in [-0.2, 0) is 13.0 Å². The van der Waals surface area contributed by atoms with Crippen molar-refractivity contribution >= 4 is 0 Å². The summed E-state index contributed by atoms with van der Waals surface area (Å²) in [6.07, 6.45) is 1.78. The van der Waals surface area contributed by atoms with E-state index < -0.39 is 0 Å². The lowest BCUT2D eigenvalue weighted by molar-refractivity contribution is 0.241. The first-order valence-corrected chi connectivity index (χ1v) is 6.60. The third-order valence-electron chi connectivity index (χ3n) is 3.60. The van der Waals surface area contributed by atoms with Crippen molar-refractivity contribution in [1.82, 2.24) is 4.90 Å². The van der Waals surface area contributed by atoms with Gasteiger partial charge in [0.25, 0.3) is 0 Å². The molecule has 1 aliphatic heterocycles. The van der Waals surface area contributed by atoms with Gasteiger partial charge < -0.3 is 0 Å². The van der Waals surface area contributed by atoms with Gasteiger partial charge in [-0.2, -0.15) is 0 Å². The van der Waals surface area contributed by atoms with Crippen molar-refractivity contribution in [2.75, 3.05) is 19.8 Å². The zero-order chi connectivity index (χ0) is 12.3. The van der Waals surface area contributed by atoms with E-state index in [0.29, 0.717) is 12.3 Å². The lowest BCUT2D eigenvalue weighted by Crippen LogP contribution is -2.31. The molecule has 0 radical (unpaired) electrons. The lowest BCUT2D eigenvalue weighted by Gasteiger charge is -2.29. The van der Waals surface area contributed by atoms with Gasteiger partial charge in [0.05, 0.1) is 6.67 Å². The van der Waals surface area contributed by atoms with Crippen LogP contribution in [0.2, 0.25) is 0 Å². The van der Waals surface area contributed by atoms with Gasteiger partial charge in [-0.25, -0.2) is 0 Å². The highest BCUT2D eigenvalue weighted by molar-refractivity contribution is 5.35. The van der Waals surface area contributed by atoms with Gasteiger partial charge in [-0.1, -0.05) is 32.0 Å². The van der Waals surface area contributed by atoms with Crippen LogP contribution in [0.25, 0.3) is 0 Å². The van der Waals surface area contributed by atoms with Crippen LogP contribution in [0.4, 0.5) is 4.39 Å². The number of alkyl halides is 1. The van der Waals surface area contributed by atoms with Crippen LogP contribution in [0, 0.1) is 0 Å². The van der Waals surface area contributed by atoms with Gasteiger partial charge in [-0.05, 0) is 35.4 Å². The first-order chi connectivity index (χ1) is 8.20. The van der Waals surface area contributed by atoms with Crippen LogP contribution < -0.4 is 0 Å². The zero-order valence-electron chi connectivity index (χ0n) is 10.9. The minimum Gasteiger partial charge on any atom is -0.299 e. The number of fused-ring (bicyclic) bond motifs is 1. The van der Waals surface area contributed by atoms with Crippen LogP contribution in [0.5, 0.6) is 0 Å². The third-order valence-corrected chi connectivity index (χ3v) is 3.60. The van der Waals surface area contributed by atoms with Crippen molar-refractivity contribution in [2.45, 2.75) is 39.2 Å². The molecule has 0 atom stereocenters. The Balaban J connectivity index is 2.09. The Bertz CT molecular complexity index is 373. The van der Waals surface area contributed by atoms with Crippen LogP contribution in [0.1, 0.15) is 42.9 Å². The largest absolute Gasteiger partial charge is 0.299 e. The summed E-state index contributed by atoms with van der Waals surface area (Å²) in [6.45, 7) is 7.22. The summed E-state index contributed by atoms with van der Waals surface area (Å²) in [5.74, 6) is 0.585. The fourth-order valence-electron chi connectivity index (χ4n) is 2.47. The fourth-order valence-corrected chi connectivity index (χ4v) is 2.47. The van der Waals surface area contributed by atoms with Gasteiger partial charge >= 0.3 is 0 Å². The van der Waals surface area contributed by atoms with Crippen molar-refractivity contribution < 1.29 is 4.39 Å².